The Balaban J connectivity index is 2.82. The van der Waals surface area contributed by atoms with E-state index in [1.807, 2.05) is 0 Å². The number of rotatable bonds is 5. The van der Waals surface area contributed by atoms with Gasteiger partial charge < -0.3 is 9.53 Å². The van der Waals surface area contributed by atoms with Gasteiger partial charge in [-0.3, -0.25) is 4.90 Å². The van der Waals surface area contributed by atoms with Crippen LogP contribution in [0.5, 0.6) is 0 Å². The molecule has 0 aromatic rings. The number of hydrogen-bond donors (Lipinski definition) is 0. The van der Waals surface area contributed by atoms with E-state index in [4.69, 9.17) is 4.74 Å². The first kappa shape index (κ1) is 13.7. The van der Waals surface area contributed by atoms with Gasteiger partial charge in [0.15, 0.2) is 0 Å². The lowest BCUT2D eigenvalue weighted by atomic mass is 9.83. The molecule has 0 bridgehead atoms. The summed E-state index contributed by atoms with van der Waals surface area (Å²) in [5, 5.41) is 0. The summed E-state index contributed by atoms with van der Waals surface area (Å²) >= 11 is 0. The quantitative estimate of drug-likeness (QED) is 0.674. The lowest BCUT2D eigenvalue weighted by molar-refractivity contribution is -0.133. The SMILES string of the molecule is CCN(CC)C1(C=O)CCOC(C(C)C)C1. The molecule has 0 radical (unpaired) electrons. The molecule has 3 heteroatoms. The number of likely N-dealkylation sites (N-methyl/N-ethyl adjacent to an activating group) is 1. The molecule has 0 amide bonds. The minimum absolute atomic E-state index is 0.222. The number of hydrogen-bond acceptors (Lipinski definition) is 3. The van der Waals surface area contributed by atoms with Gasteiger partial charge in [0.25, 0.3) is 0 Å². The van der Waals surface area contributed by atoms with Gasteiger partial charge in [-0.1, -0.05) is 27.7 Å². The molecule has 2 unspecified atom stereocenters. The van der Waals surface area contributed by atoms with Gasteiger partial charge in [0.1, 0.15) is 6.29 Å². The molecule has 1 aliphatic rings. The van der Waals surface area contributed by atoms with E-state index in [9.17, 15) is 4.79 Å². The monoisotopic (exact) mass is 227 g/mol. The second-order valence-electron chi connectivity index (χ2n) is 5.00. The molecule has 1 aliphatic heterocycles. The fourth-order valence-electron chi connectivity index (χ4n) is 2.65. The predicted octanol–water partition coefficient (Wildman–Crippen LogP) is 2.10. The number of carbonyl (C=O) groups is 1. The zero-order valence-corrected chi connectivity index (χ0v) is 11.0. The average Bonchev–Trinajstić information content (AvgIpc) is 2.30. The highest BCUT2D eigenvalue weighted by molar-refractivity contribution is 5.64. The van der Waals surface area contributed by atoms with Gasteiger partial charge >= 0.3 is 0 Å². The van der Waals surface area contributed by atoms with E-state index in [-0.39, 0.29) is 11.6 Å². The topological polar surface area (TPSA) is 29.5 Å². The third-order valence-electron chi connectivity index (χ3n) is 3.78. The Labute approximate surface area is 99.1 Å². The molecule has 2 atom stereocenters. The van der Waals surface area contributed by atoms with Crippen molar-refractivity contribution in [1.29, 1.82) is 0 Å². The highest BCUT2D eigenvalue weighted by Crippen LogP contribution is 2.31. The maximum Gasteiger partial charge on any atom is 0.140 e. The van der Waals surface area contributed by atoms with Crippen molar-refractivity contribution in [1.82, 2.24) is 4.90 Å². The van der Waals surface area contributed by atoms with Crippen LogP contribution < -0.4 is 0 Å². The van der Waals surface area contributed by atoms with Crippen molar-refractivity contribution in [2.45, 2.75) is 52.2 Å². The molecule has 0 aromatic heterocycles. The Hall–Kier alpha value is -0.410. The molecule has 1 saturated heterocycles. The normalized spacial score (nSPS) is 31.0. The lowest BCUT2D eigenvalue weighted by Crippen LogP contribution is -2.56. The summed E-state index contributed by atoms with van der Waals surface area (Å²) in [6, 6.07) is 0. The summed E-state index contributed by atoms with van der Waals surface area (Å²) in [6.07, 6.45) is 3.05. The van der Waals surface area contributed by atoms with Crippen molar-refractivity contribution in [2.75, 3.05) is 19.7 Å². The van der Waals surface area contributed by atoms with Crippen molar-refractivity contribution in [3.05, 3.63) is 0 Å². The van der Waals surface area contributed by atoms with E-state index in [0.29, 0.717) is 12.5 Å². The smallest absolute Gasteiger partial charge is 0.140 e. The molecule has 0 N–H and O–H groups in total. The molecule has 1 rings (SSSR count). The maximum absolute atomic E-state index is 11.5. The summed E-state index contributed by atoms with van der Waals surface area (Å²) < 4.78 is 5.75. The zero-order chi connectivity index (χ0) is 12.2. The Kier molecular flexibility index (Phi) is 4.93. The van der Waals surface area contributed by atoms with Crippen LogP contribution in [0.15, 0.2) is 0 Å². The van der Waals surface area contributed by atoms with E-state index < -0.39 is 0 Å². The van der Waals surface area contributed by atoms with Gasteiger partial charge in [0.2, 0.25) is 0 Å². The fraction of sp³-hybridized carbons (Fsp3) is 0.923. The Morgan fingerprint density at radius 1 is 1.44 bits per heavy atom. The molecule has 0 saturated carbocycles. The van der Waals surface area contributed by atoms with Crippen LogP contribution in [-0.2, 0) is 9.53 Å². The van der Waals surface area contributed by atoms with E-state index in [1.54, 1.807) is 0 Å². The van der Waals surface area contributed by atoms with Crippen molar-refractivity contribution in [3.63, 3.8) is 0 Å². The van der Waals surface area contributed by atoms with Gasteiger partial charge in [0, 0.05) is 6.61 Å². The average molecular weight is 227 g/mol. The molecule has 1 heterocycles. The first-order valence-electron chi connectivity index (χ1n) is 6.42. The van der Waals surface area contributed by atoms with Crippen LogP contribution in [0, 0.1) is 5.92 Å². The van der Waals surface area contributed by atoms with Crippen LogP contribution in [0.25, 0.3) is 0 Å². The number of carbonyl (C=O) groups excluding carboxylic acids is 1. The first-order chi connectivity index (χ1) is 7.59. The van der Waals surface area contributed by atoms with Gasteiger partial charge in [-0.25, -0.2) is 0 Å². The Morgan fingerprint density at radius 3 is 2.50 bits per heavy atom. The molecule has 16 heavy (non-hydrogen) atoms. The maximum atomic E-state index is 11.5. The lowest BCUT2D eigenvalue weighted by Gasteiger charge is -2.45. The Bertz CT molecular complexity index is 226. The standard InChI is InChI=1S/C13H25NO2/c1-5-14(6-2)13(10-15)7-8-16-12(9-13)11(3)4/h10-12H,5-9H2,1-4H3. The summed E-state index contributed by atoms with van der Waals surface area (Å²) in [5.74, 6) is 0.482. The summed E-state index contributed by atoms with van der Waals surface area (Å²) in [7, 11) is 0. The van der Waals surface area contributed by atoms with Crippen LogP contribution in [0.1, 0.15) is 40.5 Å². The van der Waals surface area contributed by atoms with Crippen LogP contribution in [0.3, 0.4) is 0 Å². The molecular formula is C13H25NO2. The van der Waals surface area contributed by atoms with Crippen molar-refractivity contribution in [3.8, 4) is 0 Å². The Morgan fingerprint density at radius 2 is 2.06 bits per heavy atom. The number of ether oxygens (including phenoxy) is 1. The van der Waals surface area contributed by atoms with Gasteiger partial charge in [0.05, 0.1) is 11.6 Å². The number of nitrogens with zero attached hydrogens (tertiary/aromatic N) is 1. The van der Waals surface area contributed by atoms with E-state index in [1.165, 1.54) is 0 Å². The predicted molar refractivity (Wildman–Crippen MR) is 65.5 cm³/mol. The van der Waals surface area contributed by atoms with Crippen LogP contribution in [0.2, 0.25) is 0 Å². The summed E-state index contributed by atoms with van der Waals surface area (Å²) in [4.78, 5) is 13.8. The van der Waals surface area contributed by atoms with Crippen LogP contribution in [-0.4, -0.2) is 42.5 Å². The van der Waals surface area contributed by atoms with E-state index in [0.717, 1.165) is 32.2 Å². The van der Waals surface area contributed by atoms with Crippen molar-refractivity contribution >= 4 is 6.29 Å². The minimum atomic E-state index is -0.281. The molecular weight excluding hydrogens is 202 g/mol. The molecule has 0 spiro atoms. The second-order valence-corrected chi connectivity index (χ2v) is 5.00. The summed E-state index contributed by atoms with van der Waals surface area (Å²) in [6.45, 7) is 11.1. The third-order valence-corrected chi connectivity index (χ3v) is 3.78. The van der Waals surface area contributed by atoms with Gasteiger partial charge in [-0.2, -0.15) is 0 Å². The second kappa shape index (κ2) is 5.78. The number of aldehydes is 1. The highest BCUT2D eigenvalue weighted by atomic mass is 16.5. The third kappa shape index (κ3) is 2.64. The molecule has 94 valence electrons. The zero-order valence-electron chi connectivity index (χ0n) is 11.0. The highest BCUT2D eigenvalue weighted by Gasteiger charge is 2.41. The van der Waals surface area contributed by atoms with Crippen molar-refractivity contribution < 1.29 is 9.53 Å². The molecule has 0 aromatic carbocycles. The molecule has 0 aliphatic carbocycles. The molecule has 1 fully saturated rings. The summed E-state index contributed by atoms with van der Waals surface area (Å²) in [5.41, 5.74) is -0.281. The fourth-order valence-corrected chi connectivity index (χ4v) is 2.65. The van der Waals surface area contributed by atoms with Gasteiger partial charge in [-0.15, -0.1) is 0 Å². The van der Waals surface area contributed by atoms with Crippen LogP contribution in [0.4, 0.5) is 0 Å². The van der Waals surface area contributed by atoms with E-state index >= 15 is 0 Å². The van der Waals surface area contributed by atoms with Crippen LogP contribution >= 0.6 is 0 Å². The van der Waals surface area contributed by atoms with Crippen molar-refractivity contribution in [2.24, 2.45) is 5.92 Å². The van der Waals surface area contributed by atoms with E-state index in [2.05, 4.69) is 32.6 Å². The first-order valence-corrected chi connectivity index (χ1v) is 6.42. The van der Waals surface area contributed by atoms with Gasteiger partial charge in [-0.05, 0) is 31.8 Å². The largest absolute Gasteiger partial charge is 0.378 e. The molecule has 3 nitrogen and oxygen atoms in total. The minimum Gasteiger partial charge on any atom is -0.378 e.